The monoisotopic (exact) mass is 343 g/mol. The van der Waals surface area contributed by atoms with Gasteiger partial charge < -0.3 is 10.1 Å². The fraction of sp³-hybridized carbons (Fsp3) is 0.500. The summed E-state index contributed by atoms with van der Waals surface area (Å²) in [6.07, 6.45) is 5.75. The molecule has 0 spiro atoms. The average Bonchev–Trinajstić information content (AvgIpc) is 2.37. The van der Waals surface area contributed by atoms with Crippen molar-refractivity contribution in [3.63, 3.8) is 0 Å². The van der Waals surface area contributed by atoms with Crippen LogP contribution in [0.2, 0.25) is 0 Å². The molecule has 1 aromatic carbocycles. The van der Waals surface area contributed by atoms with Gasteiger partial charge in [-0.05, 0) is 37.3 Å². The summed E-state index contributed by atoms with van der Waals surface area (Å²) in [5.41, 5.74) is 0.585. The van der Waals surface area contributed by atoms with E-state index < -0.39 is 0 Å². The Labute approximate surface area is 126 Å². The molecule has 1 saturated carbocycles. The first-order valence-electron chi connectivity index (χ1n) is 6.27. The maximum absolute atomic E-state index is 12.2. The van der Waals surface area contributed by atoms with Crippen LogP contribution in [0.15, 0.2) is 22.7 Å². The van der Waals surface area contributed by atoms with Crippen molar-refractivity contribution in [1.29, 1.82) is 0 Å². The minimum atomic E-state index is -0.0651. The van der Waals surface area contributed by atoms with Crippen LogP contribution in [-0.4, -0.2) is 30.6 Å². The van der Waals surface area contributed by atoms with E-state index >= 15 is 0 Å². The molecule has 1 amide bonds. The second kappa shape index (κ2) is 6.18. The van der Waals surface area contributed by atoms with Crippen LogP contribution in [0.1, 0.15) is 29.6 Å². The highest BCUT2D eigenvalue weighted by Gasteiger charge is 2.36. The topological polar surface area (TPSA) is 38.3 Å². The van der Waals surface area contributed by atoms with Crippen LogP contribution in [0.5, 0.6) is 5.75 Å². The summed E-state index contributed by atoms with van der Waals surface area (Å²) < 4.78 is 6.40. The lowest BCUT2D eigenvalue weighted by molar-refractivity contribution is 0.0941. The first-order chi connectivity index (χ1) is 9.10. The van der Waals surface area contributed by atoms with Gasteiger partial charge in [-0.15, -0.1) is 0 Å². The Morgan fingerprint density at radius 1 is 1.53 bits per heavy atom. The molecule has 0 heterocycles. The summed E-state index contributed by atoms with van der Waals surface area (Å²) >= 11 is 5.23. The molecule has 0 unspecified atom stereocenters. The Morgan fingerprint density at radius 2 is 2.26 bits per heavy atom. The second-order valence-electron chi connectivity index (χ2n) is 4.77. The van der Waals surface area contributed by atoms with Crippen molar-refractivity contribution in [3.05, 3.63) is 28.2 Å². The zero-order valence-electron chi connectivity index (χ0n) is 11.2. The van der Waals surface area contributed by atoms with Crippen LogP contribution in [0.4, 0.5) is 0 Å². The van der Waals surface area contributed by atoms with E-state index in [4.69, 9.17) is 4.74 Å². The predicted octanol–water partition coefficient (Wildman–Crippen LogP) is 3.47. The summed E-state index contributed by atoms with van der Waals surface area (Å²) in [7, 11) is 1.58. The molecule has 104 valence electrons. The summed E-state index contributed by atoms with van der Waals surface area (Å²) in [6.45, 7) is 0.728. The lowest BCUT2D eigenvalue weighted by Gasteiger charge is -2.40. The number of thioether (sulfide) groups is 1. The van der Waals surface area contributed by atoms with Gasteiger partial charge in [-0.25, -0.2) is 0 Å². The Balaban J connectivity index is 2.03. The van der Waals surface area contributed by atoms with E-state index in [1.54, 1.807) is 13.2 Å². The number of hydrogen-bond donors (Lipinski definition) is 1. The highest BCUT2D eigenvalue weighted by atomic mass is 79.9. The molecule has 1 N–H and O–H groups in total. The molecule has 1 fully saturated rings. The molecule has 0 saturated heterocycles. The standard InChI is InChI=1S/C14H18BrNO2S/c1-18-12-8-10(15)4-5-11(12)13(17)16-9-14(19-2)6-3-7-14/h4-5,8H,3,6-7,9H2,1-2H3,(H,16,17). The maximum atomic E-state index is 12.2. The molecule has 1 aromatic rings. The third-order valence-electron chi connectivity index (χ3n) is 3.68. The highest BCUT2D eigenvalue weighted by Crippen LogP contribution is 2.42. The van der Waals surface area contributed by atoms with E-state index in [2.05, 4.69) is 27.5 Å². The summed E-state index contributed by atoms with van der Waals surface area (Å²) in [6, 6.07) is 5.44. The van der Waals surface area contributed by atoms with Crippen LogP contribution in [-0.2, 0) is 0 Å². The van der Waals surface area contributed by atoms with Crippen molar-refractivity contribution < 1.29 is 9.53 Å². The molecule has 0 aliphatic heterocycles. The number of benzene rings is 1. The van der Waals surface area contributed by atoms with Gasteiger partial charge in [0.1, 0.15) is 5.75 Å². The van der Waals surface area contributed by atoms with Crippen molar-refractivity contribution >= 4 is 33.6 Å². The number of halogens is 1. The molecule has 3 nitrogen and oxygen atoms in total. The van der Waals surface area contributed by atoms with Gasteiger partial charge in [-0.1, -0.05) is 22.4 Å². The Bertz CT molecular complexity index is 469. The molecule has 2 rings (SSSR count). The van der Waals surface area contributed by atoms with Crippen molar-refractivity contribution in [1.82, 2.24) is 5.32 Å². The molecule has 1 aliphatic rings. The van der Waals surface area contributed by atoms with Crippen molar-refractivity contribution in [3.8, 4) is 5.75 Å². The summed E-state index contributed by atoms with van der Waals surface area (Å²) in [4.78, 5) is 12.2. The zero-order chi connectivity index (χ0) is 13.9. The largest absolute Gasteiger partial charge is 0.496 e. The highest BCUT2D eigenvalue weighted by molar-refractivity contribution is 9.10. The number of carbonyl (C=O) groups excluding carboxylic acids is 1. The fourth-order valence-electron chi connectivity index (χ4n) is 2.21. The minimum absolute atomic E-state index is 0.0651. The Kier molecular flexibility index (Phi) is 4.79. The van der Waals surface area contributed by atoms with Gasteiger partial charge in [0.15, 0.2) is 0 Å². The second-order valence-corrected chi connectivity index (χ2v) is 6.96. The van der Waals surface area contributed by atoms with E-state index in [0.29, 0.717) is 11.3 Å². The van der Waals surface area contributed by atoms with Gasteiger partial charge in [0.2, 0.25) is 0 Å². The fourth-order valence-corrected chi connectivity index (χ4v) is 3.47. The third kappa shape index (κ3) is 3.26. The molecule has 0 atom stereocenters. The smallest absolute Gasteiger partial charge is 0.255 e. The van der Waals surface area contributed by atoms with Gasteiger partial charge in [0.05, 0.1) is 12.7 Å². The van der Waals surface area contributed by atoms with Crippen LogP contribution < -0.4 is 10.1 Å². The molecule has 0 radical (unpaired) electrons. The number of carbonyl (C=O) groups is 1. The molecule has 5 heteroatoms. The molecule has 1 aliphatic carbocycles. The lowest BCUT2D eigenvalue weighted by Crippen LogP contribution is -2.45. The van der Waals surface area contributed by atoms with Crippen LogP contribution in [0.25, 0.3) is 0 Å². The van der Waals surface area contributed by atoms with Crippen molar-refractivity contribution in [2.45, 2.75) is 24.0 Å². The van der Waals surface area contributed by atoms with Gasteiger partial charge in [0.25, 0.3) is 5.91 Å². The van der Waals surface area contributed by atoms with E-state index in [1.807, 2.05) is 23.9 Å². The number of methoxy groups -OCH3 is 1. The summed E-state index contributed by atoms with van der Waals surface area (Å²) in [5.74, 6) is 0.531. The van der Waals surface area contributed by atoms with Gasteiger partial charge in [-0.3, -0.25) is 4.79 Å². The van der Waals surface area contributed by atoms with Crippen LogP contribution >= 0.6 is 27.7 Å². The van der Waals surface area contributed by atoms with Crippen LogP contribution in [0.3, 0.4) is 0 Å². The van der Waals surface area contributed by atoms with E-state index in [9.17, 15) is 4.79 Å². The number of amides is 1. The van der Waals surface area contributed by atoms with Crippen LogP contribution in [0, 0.1) is 0 Å². The molecule has 0 aromatic heterocycles. The Morgan fingerprint density at radius 3 is 2.79 bits per heavy atom. The molecular formula is C14H18BrNO2S. The third-order valence-corrected chi connectivity index (χ3v) is 5.59. The minimum Gasteiger partial charge on any atom is -0.496 e. The first-order valence-corrected chi connectivity index (χ1v) is 8.29. The van der Waals surface area contributed by atoms with Crippen molar-refractivity contribution in [2.24, 2.45) is 0 Å². The van der Waals surface area contributed by atoms with E-state index in [-0.39, 0.29) is 10.7 Å². The SMILES string of the molecule is COc1cc(Br)ccc1C(=O)NCC1(SC)CCC1. The number of rotatable bonds is 5. The Hall–Kier alpha value is -0.680. The van der Waals surface area contributed by atoms with E-state index in [0.717, 1.165) is 11.0 Å². The molecule has 19 heavy (non-hydrogen) atoms. The number of nitrogens with one attached hydrogen (secondary N) is 1. The number of ether oxygens (including phenoxy) is 1. The first kappa shape index (κ1) is 14.7. The quantitative estimate of drug-likeness (QED) is 0.889. The normalized spacial score (nSPS) is 16.6. The van der Waals surface area contributed by atoms with Gasteiger partial charge >= 0.3 is 0 Å². The lowest BCUT2D eigenvalue weighted by atomic mass is 9.84. The zero-order valence-corrected chi connectivity index (χ0v) is 13.6. The van der Waals surface area contributed by atoms with Crippen molar-refractivity contribution in [2.75, 3.05) is 19.9 Å². The van der Waals surface area contributed by atoms with Gasteiger partial charge in [0, 0.05) is 15.8 Å². The maximum Gasteiger partial charge on any atom is 0.255 e. The van der Waals surface area contributed by atoms with E-state index in [1.165, 1.54) is 19.3 Å². The summed E-state index contributed by atoms with van der Waals surface area (Å²) in [5, 5.41) is 3.03. The molecular weight excluding hydrogens is 326 g/mol. The number of hydrogen-bond acceptors (Lipinski definition) is 3. The van der Waals surface area contributed by atoms with Gasteiger partial charge in [-0.2, -0.15) is 11.8 Å². The average molecular weight is 344 g/mol. The molecule has 0 bridgehead atoms. The predicted molar refractivity (Wildman–Crippen MR) is 83.1 cm³/mol.